The van der Waals surface area contributed by atoms with Gasteiger partial charge in [0.15, 0.2) is 5.82 Å². The van der Waals surface area contributed by atoms with Crippen LogP contribution < -0.4 is 5.32 Å². The monoisotopic (exact) mass is 487 g/mol. The summed E-state index contributed by atoms with van der Waals surface area (Å²) in [6.45, 7) is 6.47. The number of hydrogen-bond acceptors (Lipinski definition) is 5. The number of nitrogens with zero attached hydrogens (tertiary/aromatic N) is 3. The van der Waals surface area contributed by atoms with Crippen LogP contribution in [0.4, 0.5) is 10.2 Å². The quantitative estimate of drug-likeness (QED) is 0.331. The third kappa shape index (κ3) is 3.79. The molecule has 1 aromatic carbocycles. The van der Waals surface area contributed by atoms with Gasteiger partial charge in [-0.1, -0.05) is 26.8 Å². The summed E-state index contributed by atoms with van der Waals surface area (Å²) in [5.74, 6) is -0.0623. The zero-order valence-electron chi connectivity index (χ0n) is 20.7. The molecule has 4 aromatic rings. The molecule has 0 spiro atoms. The molecule has 3 N–H and O–H groups in total. The summed E-state index contributed by atoms with van der Waals surface area (Å²) in [6.07, 6.45) is 6.92. The summed E-state index contributed by atoms with van der Waals surface area (Å²) in [5.41, 5.74) is 3.04. The van der Waals surface area contributed by atoms with E-state index < -0.39 is 17.7 Å². The molecular weight excluding hydrogens is 457 g/mol. The van der Waals surface area contributed by atoms with Crippen molar-refractivity contribution in [2.45, 2.75) is 57.9 Å². The maximum Gasteiger partial charge on any atom is 0.308 e. The lowest BCUT2D eigenvalue weighted by molar-refractivity contribution is -0.148. The average molecular weight is 488 g/mol. The molecule has 0 amide bonds. The average Bonchev–Trinajstić information content (AvgIpc) is 3.26. The highest BCUT2D eigenvalue weighted by molar-refractivity contribution is 5.96. The maximum atomic E-state index is 14.0. The Hall–Kier alpha value is -3.55. The number of halogens is 1. The third-order valence-corrected chi connectivity index (χ3v) is 8.11. The molecule has 0 aliphatic heterocycles. The molecule has 2 atom stereocenters. The minimum Gasteiger partial charge on any atom is -0.481 e. The van der Waals surface area contributed by atoms with Crippen LogP contribution in [-0.2, 0) is 10.2 Å². The van der Waals surface area contributed by atoms with E-state index in [2.05, 4.69) is 48.2 Å². The standard InChI is InChI=1S/C28H30FN5O2/c1-28(2,3)16-8-9-21-19(10-16)25(33-23-15-6-4-14(5-7-15)22(23)27(35)36)34-26(32-21)20-13-31-24-18(20)11-17(29)12-30-24/h8-15,22-23H,4-7H2,1-3H3,(H,30,31)(H,35,36)(H,32,33,34). The molecule has 0 saturated heterocycles. The largest absolute Gasteiger partial charge is 0.481 e. The maximum absolute atomic E-state index is 14.0. The molecular formula is C28H30FN5O2. The molecule has 3 aliphatic carbocycles. The van der Waals surface area contributed by atoms with Crippen LogP contribution in [0, 0.1) is 23.6 Å². The van der Waals surface area contributed by atoms with Crippen molar-refractivity contribution in [1.29, 1.82) is 0 Å². The minimum atomic E-state index is -0.742. The Morgan fingerprint density at radius 1 is 1.08 bits per heavy atom. The number of aromatic nitrogens is 4. The SMILES string of the molecule is CC(C)(C)c1ccc2nc(-c3c[nH]c4ncc(F)cc34)nc(NC3C4CCC(CC4)C3C(=O)O)c2c1. The van der Waals surface area contributed by atoms with E-state index in [1.165, 1.54) is 12.3 Å². The van der Waals surface area contributed by atoms with Gasteiger partial charge >= 0.3 is 5.97 Å². The molecule has 3 fully saturated rings. The highest BCUT2D eigenvalue weighted by atomic mass is 19.1. The Kier molecular flexibility index (Phi) is 5.24. The Morgan fingerprint density at radius 3 is 2.56 bits per heavy atom. The van der Waals surface area contributed by atoms with Crippen molar-refractivity contribution in [3.8, 4) is 11.4 Å². The van der Waals surface area contributed by atoms with Gasteiger partial charge < -0.3 is 15.4 Å². The summed E-state index contributed by atoms with van der Waals surface area (Å²) < 4.78 is 14.0. The van der Waals surface area contributed by atoms with E-state index in [9.17, 15) is 14.3 Å². The van der Waals surface area contributed by atoms with Crippen molar-refractivity contribution in [1.82, 2.24) is 19.9 Å². The van der Waals surface area contributed by atoms with Gasteiger partial charge in [0.05, 0.1) is 17.6 Å². The van der Waals surface area contributed by atoms with Gasteiger partial charge in [-0.15, -0.1) is 0 Å². The summed E-state index contributed by atoms with van der Waals surface area (Å²) in [5, 5.41) is 15.2. The number of nitrogens with one attached hydrogen (secondary N) is 2. The van der Waals surface area contributed by atoms with Crippen LogP contribution in [-0.4, -0.2) is 37.1 Å². The number of fused-ring (bicyclic) bond motifs is 5. The Labute approximate surface area is 208 Å². The van der Waals surface area contributed by atoms with Gasteiger partial charge in [0.2, 0.25) is 0 Å². The fraction of sp³-hybridized carbons (Fsp3) is 0.429. The molecule has 3 saturated carbocycles. The summed E-state index contributed by atoms with van der Waals surface area (Å²) in [6, 6.07) is 7.40. The Morgan fingerprint density at radius 2 is 1.83 bits per heavy atom. The molecule has 3 aliphatic rings. The fourth-order valence-electron chi connectivity index (χ4n) is 6.16. The molecule has 3 aromatic heterocycles. The molecule has 0 radical (unpaired) electrons. The van der Waals surface area contributed by atoms with Crippen LogP contribution in [0.25, 0.3) is 33.3 Å². The molecule has 186 valence electrons. The van der Waals surface area contributed by atoms with Gasteiger partial charge in [0.1, 0.15) is 17.3 Å². The second kappa shape index (κ2) is 8.25. The number of hydrogen-bond donors (Lipinski definition) is 3. The second-order valence-corrected chi connectivity index (χ2v) is 11.3. The van der Waals surface area contributed by atoms with Gasteiger partial charge in [-0.05, 0) is 66.7 Å². The van der Waals surface area contributed by atoms with E-state index in [0.717, 1.165) is 42.1 Å². The van der Waals surface area contributed by atoms with Gasteiger partial charge in [0.25, 0.3) is 0 Å². The predicted molar refractivity (Wildman–Crippen MR) is 137 cm³/mol. The lowest BCUT2D eigenvalue weighted by Crippen LogP contribution is -2.51. The molecule has 7 nitrogen and oxygen atoms in total. The lowest BCUT2D eigenvalue weighted by atomic mass is 9.61. The molecule has 2 unspecified atom stereocenters. The number of carboxylic acids is 1. The van der Waals surface area contributed by atoms with Crippen LogP contribution in [0.3, 0.4) is 0 Å². The van der Waals surface area contributed by atoms with Gasteiger partial charge in [-0.3, -0.25) is 4.79 Å². The van der Waals surface area contributed by atoms with Crippen molar-refractivity contribution >= 4 is 33.7 Å². The van der Waals surface area contributed by atoms with E-state index in [1.54, 1.807) is 6.20 Å². The summed E-state index contributed by atoms with van der Waals surface area (Å²) in [7, 11) is 0. The van der Waals surface area contributed by atoms with E-state index in [-0.39, 0.29) is 17.4 Å². The number of carbonyl (C=O) groups is 1. The fourth-order valence-corrected chi connectivity index (χ4v) is 6.16. The first-order valence-electron chi connectivity index (χ1n) is 12.6. The van der Waals surface area contributed by atoms with Gasteiger partial charge in [-0.25, -0.2) is 19.3 Å². The molecule has 7 rings (SSSR count). The number of anilines is 1. The summed E-state index contributed by atoms with van der Waals surface area (Å²) in [4.78, 5) is 29.3. The van der Waals surface area contributed by atoms with Crippen LogP contribution in [0.1, 0.15) is 52.0 Å². The minimum absolute atomic E-state index is 0.0718. The third-order valence-electron chi connectivity index (χ3n) is 8.11. The van der Waals surface area contributed by atoms with E-state index >= 15 is 0 Å². The molecule has 8 heteroatoms. The number of H-pyrrole nitrogens is 1. The number of carboxylic acid groups (broad SMARTS) is 1. The van der Waals surface area contributed by atoms with Crippen molar-refractivity contribution < 1.29 is 14.3 Å². The van der Waals surface area contributed by atoms with Crippen LogP contribution in [0.15, 0.2) is 36.7 Å². The predicted octanol–water partition coefficient (Wildman–Crippen LogP) is 5.91. The zero-order chi connectivity index (χ0) is 25.2. The van der Waals surface area contributed by atoms with Crippen LogP contribution >= 0.6 is 0 Å². The number of aliphatic carboxylic acids is 1. The number of rotatable bonds is 4. The number of pyridine rings is 1. The van der Waals surface area contributed by atoms with Gasteiger partial charge in [0, 0.05) is 28.6 Å². The van der Waals surface area contributed by atoms with E-state index in [4.69, 9.17) is 9.97 Å². The van der Waals surface area contributed by atoms with E-state index in [0.29, 0.717) is 34.2 Å². The van der Waals surface area contributed by atoms with Crippen molar-refractivity contribution in [3.63, 3.8) is 0 Å². The Bertz CT molecular complexity index is 1480. The molecule has 2 bridgehead atoms. The van der Waals surface area contributed by atoms with Crippen molar-refractivity contribution in [2.75, 3.05) is 5.32 Å². The zero-order valence-corrected chi connectivity index (χ0v) is 20.7. The first-order valence-corrected chi connectivity index (χ1v) is 12.6. The molecule has 3 heterocycles. The summed E-state index contributed by atoms with van der Waals surface area (Å²) >= 11 is 0. The second-order valence-electron chi connectivity index (χ2n) is 11.3. The lowest BCUT2D eigenvalue weighted by Gasteiger charge is -2.47. The Balaban J connectivity index is 1.52. The van der Waals surface area contributed by atoms with Crippen molar-refractivity contribution in [2.24, 2.45) is 17.8 Å². The van der Waals surface area contributed by atoms with Gasteiger partial charge in [-0.2, -0.15) is 0 Å². The first kappa shape index (κ1) is 22.9. The van der Waals surface area contributed by atoms with Crippen molar-refractivity contribution in [3.05, 3.63) is 48.0 Å². The number of aromatic amines is 1. The van der Waals surface area contributed by atoms with Crippen LogP contribution in [0.5, 0.6) is 0 Å². The highest BCUT2D eigenvalue weighted by Gasteiger charge is 2.47. The normalized spacial score (nSPS) is 23.9. The van der Waals surface area contributed by atoms with E-state index in [1.807, 2.05) is 6.07 Å². The first-order chi connectivity index (χ1) is 17.2. The van der Waals surface area contributed by atoms with Crippen LogP contribution in [0.2, 0.25) is 0 Å². The highest BCUT2D eigenvalue weighted by Crippen LogP contribution is 2.47. The topological polar surface area (TPSA) is 104 Å². The number of benzene rings is 1. The molecule has 36 heavy (non-hydrogen) atoms. The smallest absolute Gasteiger partial charge is 0.308 e.